The maximum Gasteiger partial charge on any atom is 0.225 e. The van der Waals surface area contributed by atoms with Gasteiger partial charge < -0.3 is 15.3 Å². The number of likely N-dealkylation sites (tertiary alicyclic amines) is 1. The minimum absolute atomic E-state index is 0.0228. The van der Waals surface area contributed by atoms with Crippen molar-refractivity contribution in [1.29, 1.82) is 5.26 Å². The van der Waals surface area contributed by atoms with Crippen LogP contribution in [-0.4, -0.2) is 41.3 Å². The molecule has 6 nitrogen and oxygen atoms in total. The van der Waals surface area contributed by atoms with Gasteiger partial charge in [-0.05, 0) is 68.4 Å². The smallest absolute Gasteiger partial charge is 0.225 e. The van der Waals surface area contributed by atoms with Gasteiger partial charge in [0.05, 0.1) is 10.6 Å². The molecule has 1 fully saturated rings. The number of nitrogens with zero attached hydrogens (tertiary/aromatic N) is 2. The quantitative estimate of drug-likeness (QED) is 0.704. The van der Waals surface area contributed by atoms with Gasteiger partial charge in [0, 0.05) is 30.1 Å². The molecule has 0 bridgehead atoms. The average Bonchev–Trinajstić information content (AvgIpc) is 2.73. The molecule has 0 spiro atoms. The molecule has 0 saturated carbocycles. The molecule has 2 N–H and O–H groups in total. The Morgan fingerprint density at radius 1 is 1.17 bits per heavy atom. The molecule has 1 saturated heterocycles. The van der Waals surface area contributed by atoms with E-state index in [9.17, 15) is 14.7 Å². The number of anilines is 1. The number of hydrogen-bond acceptors (Lipinski definition) is 5. The standard InChI is InChI=1S/C22H22ClN3O3/c23-20-13-18(4-1-17(20)14-24)25-21(28)9-12-26-10-7-16(8-11-26)22(29)15-2-5-19(27)6-3-15/h1-6,13,16,27H,7-12H2,(H,25,28). The Balaban J connectivity index is 1.43. The number of aromatic hydroxyl groups is 1. The van der Waals surface area contributed by atoms with Gasteiger partial charge in [0.1, 0.15) is 11.8 Å². The van der Waals surface area contributed by atoms with Crippen molar-refractivity contribution in [3.63, 3.8) is 0 Å². The van der Waals surface area contributed by atoms with E-state index in [1.807, 2.05) is 6.07 Å². The minimum Gasteiger partial charge on any atom is -0.508 e. The second-order valence-electron chi connectivity index (χ2n) is 7.13. The van der Waals surface area contributed by atoms with Crippen molar-refractivity contribution in [3.05, 3.63) is 58.6 Å². The summed E-state index contributed by atoms with van der Waals surface area (Å²) in [5.74, 6) is 0.122. The van der Waals surface area contributed by atoms with Crippen LogP contribution in [0, 0.1) is 17.2 Å². The number of phenolic OH excluding ortho intramolecular Hbond substituents is 1. The Labute approximate surface area is 174 Å². The first-order chi connectivity index (χ1) is 14.0. The highest BCUT2D eigenvalue weighted by atomic mass is 35.5. The van der Waals surface area contributed by atoms with Crippen LogP contribution in [0.15, 0.2) is 42.5 Å². The number of rotatable bonds is 6. The second kappa shape index (κ2) is 9.55. The summed E-state index contributed by atoms with van der Waals surface area (Å²) >= 11 is 5.98. The van der Waals surface area contributed by atoms with E-state index in [4.69, 9.17) is 16.9 Å². The van der Waals surface area contributed by atoms with Gasteiger partial charge >= 0.3 is 0 Å². The van der Waals surface area contributed by atoms with Crippen LogP contribution in [0.3, 0.4) is 0 Å². The molecule has 2 aromatic carbocycles. The highest BCUT2D eigenvalue weighted by molar-refractivity contribution is 6.32. The number of piperidine rings is 1. The van der Waals surface area contributed by atoms with Crippen LogP contribution in [0.5, 0.6) is 5.75 Å². The van der Waals surface area contributed by atoms with E-state index in [-0.39, 0.29) is 23.4 Å². The van der Waals surface area contributed by atoms with Crippen molar-refractivity contribution in [2.24, 2.45) is 5.92 Å². The zero-order valence-corrected chi connectivity index (χ0v) is 16.7. The number of carbonyl (C=O) groups is 2. The van der Waals surface area contributed by atoms with Gasteiger partial charge in [-0.3, -0.25) is 9.59 Å². The van der Waals surface area contributed by atoms with Crippen molar-refractivity contribution in [3.8, 4) is 11.8 Å². The van der Waals surface area contributed by atoms with E-state index in [2.05, 4.69) is 10.2 Å². The molecule has 29 heavy (non-hydrogen) atoms. The molecule has 150 valence electrons. The molecular formula is C22H22ClN3O3. The Kier molecular flexibility index (Phi) is 6.86. The van der Waals surface area contributed by atoms with Gasteiger partial charge in [0.25, 0.3) is 0 Å². The lowest BCUT2D eigenvalue weighted by Gasteiger charge is -2.31. The normalized spacial score (nSPS) is 14.9. The van der Waals surface area contributed by atoms with E-state index >= 15 is 0 Å². The molecule has 1 amide bonds. The topological polar surface area (TPSA) is 93.4 Å². The average molecular weight is 412 g/mol. The summed E-state index contributed by atoms with van der Waals surface area (Å²) in [6.07, 6.45) is 1.85. The van der Waals surface area contributed by atoms with Gasteiger partial charge in [-0.1, -0.05) is 11.6 Å². The number of nitrogens with one attached hydrogen (secondary N) is 1. The van der Waals surface area contributed by atoms with Crippen LogP contribution < -0.4 is 5.32 Å². The first kappa shape index (κ1) is 20.8. The van der Waals surface area contributed by atoms with E-state index in [1.54, 1.807) is 30.3 Å². The van der Waals surface area contributed by atoms with Crippen LogP contribution in [-0.2, 0) is 4.79 Å². The number of ketones is 1. The summed E-state index contributed by atoms with van der Waals surface area (Å²) in [5, 5.41) is 21.3. The Morgan fingerprint density at radius 2 is 1.86 bits per heavy atom. The zero-order chi connectivity index (χ0) is 20.8. The third kappa shape index (κ3) is 5.57. The molecule has 3 rings (SSSR count). The van der Waals surface area contributed by atoms with E-state index in [0.29, 0.717) is 34.8 Å². The van der Waals surface area contributed by atoms with E-state index < -0.39 is 0 Å². The third-order valence-corrected chi connectivity index (χ3v) is 5.45. The molecule has 0 unspecified atom stereocenters. The molecule has 0 radical (unpaired) electrons. The Morgan fingerprint density at radius 3 is 2.48 bits per heavy atom. The number of Topliss-reactive ketones (excluding diaryl/α,β-unsaturated/α-hetero) is 1. The predicted molar refractivity (Wildman–Crippen MR) is 111 cm³/mol. The van der Waals surface area contributed by atoms with Crippen LogP contribution in [0.4, 0.5) is 5.69 Å². The fraction of sp³-hybridized carbons (Fsp3) is 0.318. The van der Waals surface area contributed by atoms with Crippen LogP contribution >= 0.6 is 11.6 Å². The van der Waals surface area contributed by atoms with Gasteiger partial charge in [-0.2, -0.15) is 5.26 Å². The van der Waals surface area contributed by atoms with Crippen LogP contribution in [0.25, 0.3) is 0 Å². The van der Waals surface area contributed by atoms with E-state index in [0.717, 1.165) is 25.9 Å². The first-order valence-corrected chi connectivity index (χ1v) is 9.89. The second-order valence-corrected chi connectivity index (χ2v) is 7.54. The fourth-order valence-electron chi connectivity index (χ4n) is 3.45. The number of amides is 1. The highest BCUT2D eigenvalue weighted by Crippen LogP contribution is 2.23. The highest BCUT2D eigenvalue weighted by Gasteiger charge is 2.25. The molecule has 0 aliphatic carbocycles. The molecule has 0 aromatic heterocycles. The van der Waals surface area contributed by atoms with Crippen molar-refractivity contribution in [2.45, 2.75) is 19.3 Å². The van der Waals surface area contributed by atoms with Crippen molar-refractivity contribution >= 4 is 29.0 Å². The van der Waals surface area contributed by atoms with Crippen LogP contribution in [0.1, 0.15) is 35.2 Å². The molecule has 0 atom stereocenters. The van der Waals surface area contributed by atoms with E-state index in [1.165, 1.54) is 12.1 Å². The monoisotopic (exact) mass is 411 g/mol. The summed E-state index contributed by atoms with van der Waals surface area (Å²) in [6, 6.07) is 13.2. The van der Waals surface area contributed by atoms with Crippen molar-refractivity contribution < 1.29 is 14.7 Å². The molecular weight excluding hydrogens is 390 g/mol. The summed E-state index contributed by atoms with van der Waals surface area (Å²) in [4.78, 5) is 26.9. The molecule has 2 aromatic rings. The predicted octanol–water partition coefficient (Wildman–Crippen LogP) is 3.84. The number of halogens is 1. The minimum atomic E-state index is -0.118. The lowest BCUT2D eigenvalue weighted by Crippen LogP contribution is -2.38. The largest absolute Gasteiger partial charge is 0.508 e. The molecule has 1 heterocycles. The fourth-order valence-corrected chi connectivity index (χ4v) is 3.67. The summed E-state index contributed by atoms with van der Waals surface area (Å²) < 4.78 is 0. The summed E-state index contributed by atoms with van der Waals surface area (Å²) in [6.45, 7) is 2.16. The maximum absolute atomic E-state index is 12.6. The van der Waals surface area contributed by atoms with Crippen molar-refractivity contribution in [2.75, 3.05) is 25.0 Å². The first-order valence-electron chi connectivity index (χ1n) is 9.51. The Bertz CT molecular complexity index is 929. The van der Waals surface area contributed by atoms with Gasteiger partial charge in [-0.25, -0.2) is 0 Å². The maximum atomic E-state index is 12.6. The molecule has 1 aliphatic rings. The van der Waals surface area contributed by atoms with Crippen LogP contribution in [0.2, 0.25) is 5.02 Å². The third-order valence-electron chi connectivity index (χ3n) is 5.14. The number of nitriles is 1. The lowest BCUT2D eigenvalue weighted by molar-refractivity contribution is -0.116. The Hall–Kier alpha value is -2.88. The zero-order valence-electron chi connectivity index (χ0n) is 15.9. The summed E-state index contributed by atoms with van der Waals surface area (Å²) in [7, 11) is 0. The van der Waals surface area contributed by atoms with Gasteiger partial charge in [-0.15, -0.1) is 0 Å². The van der Waals surface area contributed by atoms with Crippen molar-refractivity contribution in [1.82, 2.24) is 4.90 Å². The van der Waals surface area contributed by atoms with Gasteiger partial charge in [0.2, 0.25) is 5.91 Å². The number of benzene rings is 2. The number of phenols is 1. The molecule has 1 aliphatic heterocycles. The molecule has 7 heteroatoms. The van der Waals surface area contributed by atoms with Gasteiger partial charge in [0.15, 0.2) is 5.78 Å². The number of carbonyl (C=O) groups excluding carboxylic acids is 2. The summed E-state index contributed by atoms with van der Waals surface area (Å²) in [5.41, 5.74) is 1.56. The SMILES string of the molecule is N#Cc1ccc(NC(=O)CCN2CCC(C(=O)c3ccc(O)cc3)CC2)cc1Cl. The lowest BCUT2D eigenvalue weighted by atomic mass is 9.89. The number of hydrogen-bond donors (Lipinski definition) is 2.